The number of halogens is 7. The van der Waals surface area contributed by atoms with Gasteiger partial charge in [-0.25, -0.2) is 28.7 Å². The lowest BCUT2D eigenvalue weighted by molar-refractivity contribution is -0.148. The van der Waals surface area contributed by atoms with Crippen molar-refractivity contribution >= 4 is 55.4 Å². The first-order chi connectivity index (χ1) is 18.4. The Morgan fingerprint density at radius 1 is 1.05 bits per heavy atom. The standard InChI is InChI=1S/C26H21ClF5IN2O3S/c27-19-4-7-22(8-5-19)39(36,37)35-15-18(23-9-6-20(28)13-24(23)35)10-11-34(33)14-17-2-1-3-21(12-17)38-16-26(31,32)25(29)30/h1-9,12-13,15,25H,10-11,14,16H2. The highest BCUT2D eigenvalue weighted by Gasteiger charge is 2.41. The number of aromatic nitrogens is 1. The molecule has 0 bridgehead atoms. The molecule has 0 unspecified atom stereocenters. The van der Waals surface area contributed by atoms with E-state index in [1.807, 2.05) is 3.11 Å². The molecule has 4 aromatic rings. The maximum Gasteiger partial charge on any atom is 0.340 e. The Hall–Kier alpha value is -2.42. The summed E-state index contributed by atoms with van der Waals surface area (Å²) in [4.78, 5) is 0.00328. The maximum absolute atomic E-state index is 14.1. The van der Waals surface area contributed by atoms with Crippen LogP contribution in [-0.4, -0.2) is 41.0 Å². The van der Waals surface area contributed by atoms with E-state index < -0.39 is 34.8 Å². The van der Waals surface area contributed by atoms with Gasteiger partial charge in [-0.3, -0.25) is 0 Å². The Balaban J connectivity index is 1.49. The average molecular weight is 699 g/mol. The maximum atomic E-state index is 14.1. The zero-order valence-electron chi connectivity index (χ0n) is 20.0. The van der Waals surface area contributed by atoms with E-state index in [2.05, 4.69) is 22.9 Å². The number of benzene rings is 3. The highest BCUT2D eigenvalue weighted by Crippen LogP contribution is 2.29. The first-order valence-electron chi connectivity index (χ1n) is 11.5. The minimum absolute atomic E-state index is 0.00328. The summed E-state index contributed by atoms with van der Waals surface area (Å²) in [5, 5.41) is 0.956. The largest absolute Gasteiger partial charge is 0.487 e. The molecule has 39 heavy (non-hydrogen) atoms. The zero-order valence-corrected chi connectivity index (χ0v) is 23.7. The lowest BCUT2D eigenvalue weighted by Gasteiger charge is -2.17. The van der Waals surface area contributed by atoms with Crippen molar-refractivity contribution in [2.75, 3.05) is 13.2 Å². The quantitative estimate of drug-likeness (QED) is 0.0935. The molecule has 0 spiro atoms. The van der Waals surface area contributed by atoms with Gasteiger partial charge in [0.1, 0.15) is 11.6 Å². The van der Waals surface area contributed by atoms with Gasteiger partial charge in [-0.2, -0.15) is 8.78 Å². The molecule has 0 N–H and O–H groups in total. The van der Waals surface area contributed by atoms with E-state index in [1.165, 1.54) is 54.7 Å². The summed E-state index contributed by atoms with van der Waals surface area (Å²) in [5.74, 6) is -4.80. The van der Waals surface area contributed by atoms with Gasteiger partial charge in [0.25, 0.3) is 10.0 Å². The molecule has 0 aliphatic heterocycles. The summed E-state index contributed by atoms with van der Waals surface area (Å²) in [5.41, 5.74) is 1.57. The molecule has 0 aliphatic rings. The minimum Gasteiger partial charge on any atom is -0.487 e. The molecule has 1 aromatic heterocycles. The van der Waals surface area contributed by atoms with Crippen LogP contribution in [0.2, 0.25) is 5.02 Å². The fraction of sp³-hybridized carbons (Fsp3) is 0.231. The van der Waals surface area contributed by atoms with E-state index in [1.54, 1.807) is 12.1 Å². The molecule has 1 heterocycles. The second-order valence-corrected chi connectivity index (χ2v) is 12.3. The summed E-state index contributed by atoms with van der Waals surface area (Å²) < 4.78 is 99.7. The molecule has 0 amide bonds. The van der Waals surface area contributed by atoms with Gasteiger partial charge in [0.05, 0.1) is 10.4 Å². The molecular formula is C26H21ClF5IN2O3S. The van der Waals surface area contributed by atoms with Gasteiger partial charge in [-0.05, 0) is 72.1 Å². The molecule has 0 radical (unpaired) electrons. The van der Waals surface area contributed by atoms with Crippen molar-refractivity contribution in [3.05, 3.63) is 94.9 Å². The lowest BCUT2D eigenvalue weighted by Crippen LogP contribution is -2.33. The summed E-state index contributed by atoms with van der Waals surface area (Å²) in [6.45, 7) is -0.627. The molecule has 4 rings (SSSR count). The first-order valence-corrected chi connectivity index (χ1v) is 14.2. The normalized spacial score (nSPS) is 12.5. The van der Waals surface area contributed by atoms with E-state index >= 15 is 0 Å². The van der Waals surface area contributed by atoms with E-state index in [0.29, 0.717) is 41.0 Å². The van der Waals surface area contributed by atoms with Crippen molar-refractivity contribution in [2.45, 2.75) is 30.2 Å². The van der Waals surface area contributed by atoms with Gasteiger partial charge < -0.3 is 4.74 Å². The number of ether oxygens (including phenoxy) is 1. The Labute approximate surface area is 240 Å². The van der Waals surface area contributed by atoms with E-state index in [-0.39, 0.29) is 16.2 Å². The second kappa shape index (κ2) is 12.0. The molecule has 208 valence electrons. The molecule has 5 nitrogen and oxygen atoms in total. The Bertz CT molecular complexity index is 1570. The van der Waals surface area contributed by atoms with Gasteiger partial charge in [-0.15, -0.1) is 0 Å². The number of hydrogen-bond acceptors (Lipinski definition) is 4. The third kappa shape index (κ3) is 7.02. The number of alkyl halides is 4. The van der Waals surface area contributed by atoms with E-state index in [0.717, 1.165) is 10.0 Å². The van der Waals surface area contributed by atoms with Crippen molar-refractivity contribution in [3.8, 4) is 5.75 Å². The predicted molar refractivity (Wildman–Crippen MR) is 147 cm³/mol. The number of nitrogens with zero attached hydrogens (tertiary/aromatic N) is 2. The third-order valence-electron chi connectivity index (χ3n) is 5.81. The molecule has 0 saturated heterocycles. The highest BCUT2D eigenvalue weighted by molar-refractivity contribution is 14.1. The Kier molecular flexibility index (Phi) is 9.08. The summed E-state index contributed by atoms with van der Waals surface area (Å²) >= 11 is 7.96. The van der Waals surface area contributed by atoms with Gasteiger partial charge in [-0.1, -0.05) is 23.7 Å². The topological polar surface area (TPSA) is 51.5 Å². The Morgan fingerprint density at radius 3 is 2.46 bits per heavy atom. The van der Waals surface area contributed by atoms with Crippen molar-refractivity contribution in [2.24, 2.45) is 0 Å². The van der Waals surface area contributed by atoms with Crippen molar-refractivity contribution < 1.29 is 35.1 Å². The van der Waals surface area contributed by atoms with Crippen LogP contribution in [0.15, 0.2) is 77.8 Å². The summed E-state index contributed by atoms with van der Waals surface area (Å²) in [6.07, 6.45) is -1.95. The van der Waals surface area contributed by atoms with Crippen LogP contribution in [-0.2, 0) is 23.0 Å². The number of fused-ring (bicyclic) bond motifs is 1. The van der Waals surface area contributed by atoms with Crippen LogP contribution in [0, 0.1) is 5.82 Å². The minimum atomic E-state index is -4.26. The smallest absolute Gasteiger partial charge is 0.340 e. The van der Waals surface area contributed by atoms with Crippen LogP contribution in [0.5, 0.6) is 5.75 Å². The summed E-state index contributed by atoms with van der Waals surface area (Å²) in [7, 11) is -4.03. The van der Waals surface area contributed by atoms with Crippen LogP contribution in [0.3, 0.4) is 0 Å². The van der Waals surface area contributed by atoms with Crippen LogP contribution in [0.25, 0.3) is 10.9 Å². The fourth-order valence-electron chi connectivity index (χ4n) is 3.85. The number of rotatable bonds is 11. The van der Waals surface area contributed by atoms with Gasteiger partial charge in [0, 0.05) is 52.6 Å². The van der Waals surface area contributed by atoms with Gasteiger partial charge in [0.2, 0.25) is 0 Å². The molecule has 13 heteroatoms. The highest BCUT2D eigenvalue weighted by atomic mass is 127. The summed E-state index contributed by atoms with van der Waals surface area (Å²) in [6, 6.07) is 15.8. The van der Waals surface area contributed by atoms with Crippen molar-refractivity contribution in [1.29, 1.82) is 0 Å². The lowest BCUT2D eigenvalue weighted by atomic mass is 10.1. The van der Waals surface area contributed by atoms with Crippen molar-refractivity contribution in [1.82, 2.24) is 7.09 Å². The van der Waals surface area contributed by atoms with E-state index in [4.69, 9.17) is 16.3 Å². The predicted octanol–water partition coefficient (Wildman–Crippen LogP) is 7.34. The molecular weight excluding hydrogens is 678 g/mol. The molecule has 0 saturated carbocycles. The fourth-order valence-corrected chi connectivity index (χ4v) is 6.00. The van der Waals surface area contributed by atoms with Crippen LogP contribution in [0.1, 0.15) is 11.1 Å². The zero-order chi connectivity index (χ0) is 28.4. The van der Waals surface area contributed by atoms with Gasteiger partial charge >= 0.3 is 12.3 Å². The second-order valence-electron chi connectivity index (χ2n) is 8.66. The Morgan fingerprint density at radius 2 is 1.77 bits per heavy atom. The SMILES string of the molecule is O=S(=O)(c1ccc(Cl)cc1)n1cc(CCN(I)Cc2cccc(OCC(F)(F)C(F)F)c2)c2ccc(F)cc21. The molecule has 0 aliphatic carbocycles. The third-order valence-corrected chi connectivity index (χ3v) is 8.58. The number of hydrogen-bond donors (Lipinski definition) is 0. The average Bonchev–Trinajstić information content (AvgIpc) is 3.25. The van der Waals surface area contributed by atoms with Gasteiger partial charge in [0.15, 0.2) is 6.61 Å². The molecule has 0 atom stereocenters. The van der Waals surface area contributed by atoms with Crippen LogP contribution >= 0.6 is 34.5 Å². The van der Waals surface area contributed by atoms with E-state index in [9.17, 15) is 30.4 Å². The van der Waals surface area contributed by atoms with Crippen molar-refractivity contribution in [3.63, 3.8) is 0 Å². The van der Waals surface area contributed by atoms with Crippen LogP contribution < -0.4 is 4.74 Å². The monoisotopic (exact) mass is 698 g/mol. The molecule has 3 aromatic carbocycles. The first kappa shape index (κ1) is 29.6. The molecule has 0 fully saturated rings. The van der Waals surface area contributed by atoms with Crippen LogP contribution in [0.4, 0.5) is 22.0 Å².